The van der Waals surface area contributed by atoms with Gasteiger partial charge >= 0.3 is 5.97 Å². The summed E-state index contributed by atoms with van der Waals surface area (Å²) in [7, 11) is 0. The Hall–Kier alpha value is -1.49. The van der Waals surface area contributed by atoms with E-state index in [-0.39, 0.29) is 29.3 Å². The number of carbonyl (C=O) groups is 3. The molecule has 7 nitrogen and oxygen atoms in total. The molecule has 4 aliphatic rings. The highest BCUT2D eigenvalue weighted by Crippen LogP contribution is 2.71. The van der Waals surface area contributed by atoms with Crippen LogP contribution in [-0.2, 0) is 14.4 Å². The van der Waals surface area contributed by atoms with Gasteiger partial charge in [0.15, 0.2) is 17.2 Å². The summed E-state index contributed by atoms with van der Waals surface area (Å²) >= 11 is 3.12. The van der Waals surface area contributed by atoms with E-state index >= 15 is 8.78 Å². The molecule has 10 atom stereocenters. The second-order valence-corrected chi connectivity index (χ2v) is 11.7. The average Bonchev–Trinajstić information content (AvgIpc) is 2.93. The van der Waals surface area contributed by atoms with Gasteiger partial charge in [0.1, 0.15) is 17.9 Å². The highest BCUT2D eigenvalue weighted by molar-refractivity contribution is 9.12. The number of hydrogen-bond donors (Lipinski definition) is 4. The number of rotatable bonds is 4. The van der Waals surface area contributed by atoms with Gasteiger partial charge in [0.25, 0.3) is 0 Å². The Morgan fingerprint density at radius 3 is 2.47 bits per heavy atom. The van der Waals surface area contributed by atoms with Gasteiger partial charge in [0.05, 0.1) is 17.0 Å². The van der Waals surface area contributed by atoms with Gasteiger partial charge in [-0.15, -0.1) is 0 Å². The molecule has 0 aromatic heterocycles. The van der Waals surface area contributed by atoms with E-state index in [1.807, 2.05) is 0 Å². The van der Waals surface area contributed by atoms with Crippen LogP contribution in [0.5, 0.6) is 0 Å². The highest BCUT2D eigenvalue weighted by Gasteiger charge is 2.77. The Morgan fingerprint density at radius 1 is 1.26 bits per heavy atom. The number of carboxylic acid groups (broad SMARTS) is 1. The number of alkyl halides is 2. The molecule has 0 bridgehead atoms. The molecule has 0 radical (unpaired) electrons. The summed E-state index contributed by atoms with van der Waals surface area (Å²) in [5.74, 6) is -5.66. The van der Waals surface area contributed by atoms with Gasteiger partial charge in [-0.25, -0.2) is 8.78 Å². The summed E-state index contributed by atoms with van der Waals surface area (Å²) in [6.07, 6.45) is -4.50. The van der Waals surface area contributed by atoms with E-state index in [0.717, 1.165) is 6.08 Å². The minimum atomic E-state index is -2.39. The van der Waals surface area contributed by atoms with E-state index < -0.39 is 82.2 Å². The fraction of sp³-hybridized carbons (Fsp3) is 0.708. The Balaban J connectivity index is 1.82. The average molecular weight is 547 g/mol. The van der Waals surface area contributed by atoms with Crippen LogP contribution >= 0.6 is 15.9 Å². The molecular weight excluding hydrogens is 518 g/mol. The SMILES string of the molecule is C[C@H]1C[C@H]2[C@@H]3C[C@@H](F)C4=CC(=O)C(Br)=C[C@]4(C)[C@@]3(F)[C@@H](O)C[C@]2(C)[C@@]1(O)C(=O)C(O)CC(=O)O. The first-order valence-electron chi connectivity index (χ1n) is 11.4. The number of halogens is 3. The van der Waals surface area contributed by atoms with E-state index in [4.69, 9.17) is 5.11 Å². The van der Waals surface area contributed by atoms with Gasteiger partial charge < -0.3 is 20.4 Å². The van der Waals surface area contributed by atoms with E-state index in [0.29, 0.717) is 0 Å². The van der Waals surface area contributed by atoms with Crippen LogP contribution < -0.4 is 0 Å². The molecule has 0 heterocycles. The highest BCUT2D eigenvalue weighted by atomic mass is 79.9. The summed E-state index contributed by atoms with van der Waals surface area (Å²) in [6.45, 7) is 4.52. The van der Waals surface area contributed by atoms with Gasteiger partial charge in [-0.2, -0.15) is 0 Å². The zero-order valence-corrected chi connectivity index (χ0v) is 20.7. The lowest BCUT2D eigenvalue weighted by Crippen LogP contribution is -2.71. The molecule has 0 aliphatic heterocycles. The van der Waals surface area contributed by atoms with E-state index in [1.54, 1.807) is 6.92 Å². The van der Waals surface area contributed by atoms with Crippen molar-refractivity contribution in [1.82, 2.24) is 0 Å². The molecular formula is C24H29BrF2O7. The van der Waals surface area contributed by atoms with Crippen LogP contribution in [0.4, 0.5) is 8.78 Å². The van der Waals surface area contributed by atoms with Crippen molar-refractivity contribution in [2.75, 3.05) is 0 Å². The van der Waals surface area contributed by atoms with Gasteiger partial charge in [0, 0.05) is 16.7 Å². The molecule has 4 rings (SSSR count). The van der Waals surface area contributed by atoms with Crippen LogP contribution in [0.25, 0.3) is 0 Å². The molecule has 0 aromatic rings. The summed E-state index contributed by atoms with van der Waals surface area (Å²) in [4.78, 5) is 36.4. The third kappa shape index (κ3) is 2.97. The lowest BCUT2D eigenvalue weighted by molar-refractivity contribution is -0.225. The Labute approximate surface area is 204 Å². The minimum Gasteiger partial charge on any atom is -0.481 e. The summed E-state index contributed by atoms with van der Waals surface area (Å²) < 4.78 is 32.7. The van der Waals surface area contributed by atoms with Crippen LogP contribution in [0.1, 0.15) is 46.5 Å². The Kier molecular flexibility index (Phi) is 5.84. The van der Waals surface area contributed by atoms with Crippen molar-refractivity contribution in [3.63, 3.8) is 0 Å². The second kappa shape index (κ2) is 7.75. The molecule has 1 unspecified atom stereocenters. The number of carbonyl (C=O) groups excluding carboxylic acids is 2. The molecule has 4 aliphatic carbocycles. The van der Waals surface area contributed by atoms with Crippen LogP contribution in [-0.4, -0.2) is 67.6 Å². The number of aliphatic carboxylic acids is 1. The second-order valence-electron chi connectivity index (χ2n) is 10.9. The molecule has 188 valence electrons. The number of aliphatic hydroxyl groups is 3. The molecule has 34 heavy (non-hydrogen) atoms. The number of Topliss-reactive ketones (excluding diaryl/α,β-unsaturated/α-hetero) is 1. The molecule has 3 fully saturated rings. The number of hydrogen-bond acceptors (Lipinski definition) is 6. The molecule has 10 heteroatoms. The summed E-state index contributed by atoms with van der Waals surface area (Å²) in [5, 5.41) is 42.2. The van der Waals surface area contributed by atoms with Crippen LogP contribution in [0.2, 0.25) is 0 Å². The zero-order valence-electron chi connectivity index (χ0n) is 19.1. The van der Waals surface area contributed by atoms with Crippen molar-refractivity contribution in [2.45, 2.75) is 76.1 Å². The van der Waals surface area contributed by atoms with Crippen molar-refractivity contribution >= 4 is 33.5 Å². The lowest BCUT2D eigenvalue weighted by atomic mass is 9.44. The van der Waals surface area contributed by atoms with Gasteiger partial charge in [-0.1, -0.05) is 19.9 Å². The van der Waals surface area contributed by atoms with Gasteiger partial charge in [-0.3, -0.25) is 14.4 Å². The van der Waals surface area contributed by atoms with Crippen molar-refractivity contribution in [1.29, 1.82) is 0 Å². The number of fused-ring (bicyclic) bond motifs is 5. The van der Waals surface area contributed by atoms with E-state index in [2.05, 4.69) is 15.9 Å². The molecule has 0 aromatic carbocycles. The number of aliphatic hydroxyl groups excluding tert-OH is 2. The predicted molar refractivity (Wildman–Crippen MR) is 119 cm³/mol. The molecule has 0 spiro atoms. The lowest BCUT2D eigenvalue weighted by Gasteiger charge is -2.63. The van der Waals surface area contributed by atoms with Crippen molar-refractivity contribution in [3.8, 4) is 0 Å². The summed E-state index contributed by atoms with van der Waals surface area (Å²) in [5.41, 5.74) is -7.75. The van der Waals surface area contributed by atoms with Crippen molar-refractivity contribution in [3.05, 3.63) is 22.2 Å². The number of ketones is 2. The monoisotopic (exact) mass is 546 g/mol. The van der Waals surface area contributed by atoms with Gasteiger partial charge in [-0.05, 0) is 65.6 Å². The molecule has 0 saturated heterocycles. The first-order valence-corrected chi connectivity index (χ1v) is 12.2. The maximum Gasteiger partial charge on any atom is 0.306 e. The largest absolute Gasteiger partial charge is 0.481 e. The quantitative estimate of drug-likeness (QED) is 0.425. The van der Waals surface area contributed by atoms with E-state index in [1.165, 1.54) is 19.9 Å². The van der Waals surface area contributed by atoms with E-state index in [9.17, 15) is 29.7 Å². The van der Waals surface area contributed by atoms with Crippen molar-refractivity contribution in [2.24, 2.45) is 28.6 Å². The van der Waals surface area contributed by atoms with Crippen LogP contribution in [0, 0.1) is 28.6 Å². The van der Waals surface area contributed by atoms with Crippen molar-refractivity contribution < 1.29 is 43.6 Å². The van der Waals surface area contributed by atoms with Crippen LogP contribution in [0.15, 0.2) is 22.2 Å². The fourth-order valence-electron chi connectivity index (χ4n) is 7.63. The first-order chi connectivity index (χ1) is 15.6. The minimum absolute atomic E-state index is 0.0450. The fourth-order valence-corrected chi connectivity index (χ4v) is 8.20. The van der Waals surface area contributed by atoms with Gasteiger partial charge in [0.2, 0.25) is 0 Å². The molecule has 3 saturated carbocycles. The number of carboxylic acids is 1. The van der Waals surface area contributed by atoms with Crippen LogP contribution in [0.3, 0.4) is 0 Å². The third-order valence-electron chi connectivity index (χ3n) is 9.32. The molecule has 4 N–H and O–H groups in total. The third-order valence-corrected chi connectivity index (χ3v) is 9.93. The normalized spacial score (nSPS) is 48.7. The Bertz CT molecular complexity index is 1030. The number of allylic oxidation sites excluding steroid dienone is 4. The standard InChI is InChI=1S/C24H29BrF2O7/c1-10-4-11-12-5-15(26)13-6-16(28)14(25)8-21(13,2)23(12,27)18(30)9-22(11,3)24(10,34)20(33)17(29)7-19(31)32/h6,8,10-12,15,17-18,29-30,34H,4-5,7,9H2,1-3H3,(H,31,32)/t10-,11-,12-,15+,17?,18-,21-,22-,23-,24-/m0/s1. The first kappa shape index (κ1) is 25.6. The maximum absolute atomic E-state index is 17.2. The molecule has 0 amide bonds. The topological polar surface area (TPSA) is 132 Å². The summed E-state index contributed by atoms with van der Waals surface area (Å²) in [6, 6.07) is 0. The zero-order chi connectivity index (χ0) is 25.6. The Morgan fingerprint density at radius 2 is 1.88 bits per heavy atom. The maximum atomic E-state index is 17.2. The smallest absolute Gasteiger partial charge is 0.306 e. The predicted octanol–water partition coefficient (Wildman–Crippen LogP) is 2.41.